The first-order chi connectivity index (χ1) is 13.4. The Bertz CT molecular complexity index is 779. The second-order valence-corrected chi connectivity index (χ2v) is 6.48. The van der Waals surface area contributed by atoms with Gasteiger partial charge in [0.1, 0.15) is 5.82 Å². The Hall–Kier alpha value is -3.13. The third-order valence-corrected chi connectivity index (χ3v) is 3.96. The van der Waals surface area contributed by atoms with Crippen LogP contribution >= 0.6 is 0 Å². The zero-order valence-corrected chi connectivity index (χ0v) is 16.2. The lowest BCUT2D eigenvalue weighted by Gasteiger charge is -2.25. The van der Waals surface area contributed by atoms with E-state index in [1.165, 1.54) is 19.2 Å². The smallest absolute Gasteiger partial charge is 0.411 e. The van der Waals surface area contributed by atoms with Gasteiger partial charge in [-0.1, -0.05) is 12.1 Å². The second-order valence-electron chi connectivity index (χ2n) is 6.48. The number of benzene rings is 2. The largest absolute Gasteiger partial charge is 0.453 e. The molecule has 2 rings (SSSR count). The van der Waals surface area contributed by atoms with E-state index in [-0.39, 0.29) is 11.8 Å². The summed E-state index contributed by atoms with van der Waals surface area (Å²) in [5, 5.41) is 5.39. The van der Waals surface area contributed by atoms with E-state index >= 15 is 0 Å². The first-order valence-electron chi connectivity index (χ1n) is 8.77. The molecule has 0 spiro atoms. The van der Waals surface area contributed by atoms with E-state index in [2.05, 4.69) is 15.4 Å². The van der Waals surface area contributed by atoms with E-state index in [1.54, 1.807) is 41.3 Å². The fraction of sp³-hybridized carbons (Fsp3) is 0.300. The van der Waals surface area contributed by atoms with Gasteiger partial charge in [-0.15, -0.1) is 0 Å². The van der Waals surface area contributed by atoms with Gasteiger partial charge >= 0.3 is 12.1 Å². The van der Waals surface area contributed by atoms with Gasteiger partial charge in [0, 0.05) is 31.0 Å². The number of hydrogen-bond acceptors (Lipinski definition) is 4. The van der Waals surface area contributed by atoms with E-state index in [1.807, 2.05) is 19.0 Å². The normalized spacial score (nSPS) is 10.5. The van der Waals surface area contributed by atoms with Crippen molar-refractivity contribution in [3.8, 4) is 0 Å². The number of halogens is 1. The molecule has 150 valence electrons. The Morgan fingerprint density at radius 1 is 0.929 bits per heavy atom. The maximum atomic E-state index is 13.1. The van der Waals surface area contributed by atoms with Crippen LogP contribution in [0.5, 0.6) is 0 Å². The highest BCUT2D eigenvalue weighted by Crippen LogP contribution is 2.15. The summed E-state index contributed by atoms with van der Waals surface area (Å²) in [4.78, 5) is 27.6. The van der Waals surface area contributed by atoms with E-state index in [0.717, 1.165) is 5.56 Å². The molecular formula is C20H25FN4O3. The van der Waals surface area contributed by atoms with Crippen molar-refractivity contribution in [2.75, 3.05) is 44.9 Å². The molecule has 0 aliphatic rings. The minimum absolute atomic E-state index is 0.264. The molecule has 3 amide bonds. The first kappa shape index (κ1) is 21.2. The molecule has 0 fully saturated rings. The predicted molar refractivity (Wildman–Crippen MR) is 107 cm³/mol. The number of hydrogen-bond donors (Lipinski definition) is 2. The molecule has 0 unspecified atom stereocenters. The average molecular weight is 388 g/mol. The molecule has 0 aliphatic carbocycles. The molecule has 0 aliphatic heterocycles. The number of nitrogens with one attached hydrogen (secondary N) is 2. The summed E-state index contributed by atoms with van der Waals surface area (Å²) >= 11 is 0. The highest BCUT2D eigenvalue weighted by molar-refractivity contribution is 5.90. The molecule has 7 nitrogen and oxygen atoms in total. The van der Waals surface area contributed by atoms with Crippen molar-refractivity contribution in [2.24, 2.45) is 0 Å². The number of anilines is 2. The van der Waals surface area contributed by atoms with E-state index in [9.17, 15) is 14.0 Å². The maximum absolute atomic E-state index is 13.1. The Morgan fingerprint density at radius 3 is 2.04 bits per heavy atom. The van der Waals surface area contributed by atoms with Crippen LogP contribution < -0.4 is 10.6 Å². The number of rotatable bonds is 7. The minimum Gasteiger partial charge on any atom is -0.453 e. The van der Waals surface area contributed by atoms with Gasteiger partial charge < -0.3 is 19.9 Å². The number of carbonyl (C=O) groups is 2. The van der Waals surface area contributed by atoms with Crippen LogP contribution in [0.15, 0.2) is 48.5 Å². The number of amides is 3. The molecule has 0 saturated heterocycles. The number of urea groups is 1. The second kappa shape index (κ2) is 10.3. The highest BCUT2D eigenvalue weighted by atomic mass is 19.1. The van der Waals surface area contributed by atoms with Gasteiger partial charge in [0.15, 0.2) is 0 Å². The SMILES string of the molecule is COC(=O)Nc1ccc(NC(=O)N(CCN(C)C)Cc2ccc(F)cc2)cc1. The van der Waals surface area contributed by atoms with Gasteiger partial charge in [-0.05, 0) is 56.1 Å². The molecule has 0 radical (unpaired) electrons. The summed E-state index contributed by atoms with van der Waals surface area (Å²) in [5.74, 6) is -0.311. The monoisotopic (exact) mass is 388 g/mol. The van der Waals surface area contributed by atoms with Gasteiger partial charge in [0.2, 0.25) is 0 Å². The summed E-state index contributed by atoms with van der Waals surface area (Å²) in [5.41, 5.74) is 1.99. The van der Waals surface area contributed by atoms with Crippen LogP contribution in [0.4, 0.5) is 25.4 Å². The van der Waals surface area contributed by atoms with Crippen LogP contribution in [0.25, 0.3) is 0 Å². The molecule has 2 aromatic rings. The number of nitrogens with zero attached hydrogens (tertiary/aromatic N) is 2. The Labute approximate surface area is 164 Å². The van der Waals surface area contributed by atoms with E-state index < -0.39 is 6.09 Å². The van der Waals surface area contributed by atoms with Crippen molar-refractivity contribution in [3.63, 3.8) is 0 Å². The van der Waals surface area contributed by atoms with Crippen LogP contribution in [-0.4, -0.2) is 56.2 Å². The molecule has 2 aromatic carbocycles. The summed E-state index contributed by atoms with van der Waals surface area (Å²) in [7, 11) is 5.15. The molecule has 2 N–H and O–H groups in total. The van der Waals surface area contributed by atoms with Gasteiger partial charge in [0.05, 0.1) is 7.11 Å². The van der Waals surface area contributed by atoms with E-state index in [0.29, 0.717) is 31.0 Å². The van der Waals surface area contributed by atoms with Crippen LogP contribution in [-0.2, 0) is 11.3 Å². The number of carbonyl (C=O) groups excluding carboxylic acids is 2. The Morgan fingerprint density at radius 2 is 1.50 bits per heavy atom. The summed E-state index contributed by atoms with van der Waals surface area (Å²) in [6.07, 6.45) is -0.564. The van der Waals surface area contributed by atoms with Gasteiger partial charge in [-0.3, -0.25) is 5.32 Å². The van der Waals surface area contributed by atoms with Crippen LogP contribution in [0, 0.1) is 5.82 Å². The molecular weight excluding hydrogens is 363 g/mol. The lowest BCUT2D eigenvalue weighted by molar-refractivity contribution is 0.187. The van der Waals surface area contributed by atoms with Gasteiger partial charge in [-0.25, -0.2) is 14.0 Å². The highest BCUT2D eigenvalue weighted by Gasteiger charge is 2.15. The molecule has 0 bridgehead atoms. The van der Waals surface area contributed by atoms with Crippen molar-refractivity contribution < 1.29 is 18.7 Å². The Balaban J connectivity index is 2.04. The standard InChI is InChI=1S/C20H25FN4O3/c1-24(2)12-13-25(14-15-4-6-16(21)7-5-15)19(26)22-17-8-10-18(11-9-17)23-20(27)28-3/h4-11H,12-14H2,1-3H3,(H,22,26)(H,23,27). The van der Waals surface area contributed by atoms with E-state index in [4.69, 9.17) is 0 Å². The van der Waals surface area contributed by atoms with Crippen molar-refractivity contribution >= 4 is 23.5 Å². The lowest BCUT2D eigenvalue weighted by atomic mass is 10.2. The van der Waals surface area contributed by atoms with Crippen molar-refractivity contribution in [2.45, 2.75) is 6.54 Å². The predicted octanol–water partition coefficient (Wildman–Crippen LogP) is 3.60. The molecule has 8 heteroatoms. The zero-order valence-electron chi connectivity index (χ0n) is 16.2. The number of methoxy groups -OCH3 is 1. The Kier molecular flexibility index (Phi) is 7.76. The molecule has 0 aromatic heterocycles. The number of ether oxygens (including phenoxy) is 1. The summed E-state index contributed by atoms with van der Waals surface area (Å²) in [6.45, 7) is 1.57. The number of likely N-dealkylation sites (N-methyl/N-ethyl adjacent to an activating group) is 1. The maximum Gasteiger partial charge on any atom is 0.411 e. The molecule has 0 saturated carbocycles. The third kappa shape index (κ3) is 6.88. The van der Waals surface area contributed by atoms with Crippen molar-refractivity contribution in [1.82, 2.24) is 9.80 Å². The average Bonchev–Trinajstić information content (AvgIpc) is 2.67. The van der Waals surface area contributed by atoms with Gasteiger partial charge in [-0.2, -0.15) is 0 Å². The fourth-order valence-electron chi connectivity index (χ4n) is 2.39. The summed E-state index contributed by atoms with van der Waals surface area (Å²) in [6, 6.07) is 12.5. The van der Waals surface area contributed by atoms with Crippen molar-refractivity contribution in [3.05, 3.63) is 59.9 Å². The summed E-state index contributed by atoms with van der Waals surface area (Å²) < 4.78 is 17.7. The van der Waals surface area contributed by atoms with Gasteiger partial charge in [0.25, 0.3) is 0 Å². The van der Waals surface area contributed by atoms with Crippen molar-refractivity contribution in [1.29, 1.82) is 0 Å². The molecule has 0 atom stereocenters. The topological polar surface area (TPSA) is 73.9 Å². The molecule has 0 heterocycles. The minimum atomic E-state index is -0.564. The first-order valence-corrected chi connectivity index (χ1v) is 8.77. The van der Waals surface area contributed by atoms with Crippen LogP contribution in [0.2, 0.25) is 0 Å². The van der Waals surface area contributed by atoms with Crippen LogP contribution in [0.1, 0.15) is 5.56 Å². The fourth-order valence-corrected chi connectivity index (χ4v) is 2.39. The lowest BCUT2D eigenvalue weighted by Crippen LogP contribution is -2.39. The third-order valence-electron chi connectivity index (χ3n) is 3.96. The van der Waals surface area contributed by atoms with Crippen LogP contribution in [0.3, 0.4) is 0 Å². The molecule has 28 heavy (non-hydrogen) atoms. The quantitative estimate of drug-likeness (QED) is 0.760. The zero-order chi connectivity index (χ0) is 20.5.